The zero-order valence-corrected chi connectivity index (χ0v) is 16.3. The fourth-order valence-corrected chi connectivity index (χ4v) is 3.84. The number of carbonyl (C=O) groups excluding carboxylic acids is 2. The van der Waals surface area contributed by atoms with E-state index in [1.165, 1.54) is 28.8 Å². The van der Waals surface area contributed by atoms with Crippen LogP contribution in [0.4, 0.5) is 5.69 Å². The van der Waals surface area contributed by atoms with Gasteiger partial charge in [-0.25, -0.2) is 0 Å². The van der Waals surface area contributed by atoms with E-state index in [1.807, 2.05) is 37.3 Å². The Morgan fingerprint density at radius 3 is 2.70 bits per heavy atom. The van der Waals surface area contributed by atoms with Crippen LogP contribution >= 0.6 is 24.0 Å². The van der Waals surface area contributed by atoms with Crippen LogP contribution in [0.25, 0.3) is 6.08 Å². The molecule has 5 nitrogen and oxygen atoms in total. The van der Waals surface area contributed by atoms with Crippen molar-refractivity contribution in [1.82, 2.24) is 4.90 Å². The molecule has 2 amide bonds. The summed E-state index contributed by atoms with van der Waals surface area (Å²) in [6, 6.07) is 14.2. The van der Waals surface area contributed by atoms with Crippen molar-refractivity contribution >= 4 is 51.9 Å². The van der Waals surface area contributed by atoms with Gasteiger partial charge < -0.3 is 10.4 Å². The lowest BCUT2D eigenvalue weighted by Crippen LogP contribution is -2.31. The van der Waals surface area contributed by atoms with Gasteiger partial charge in [0.15, 0.2) is 0 Å². The molecule has 2 aromatic carbocycles. The average Bonchev–Trinajstić information content (AvgIpc) is 2.88. The third-order valence-corrected chi connectivity index (χ3v) is 5.32. The summed E-state index contributed by atoms with van der Waals surface area (Å²) in [7, 11) is 0. The zero-order chi connectivity index (χ0) is 19.4. The molecule has 2 N–H and O–H groups in total. The molecule has 138 valence electrons. The van der Waals surface area contributed by atoms with E-state index in [1.54, 1.807) is 12.1 Å². The summed E-state index contributed by atoms with van der Waals surface area (Å²) >= 11 is 6.54. The lowest BCUT2D eigenvalue weighted by Gasteiger charge is -2.14. The van der Waals surface area contributed by atoms with E-state index in [0.717, 1.165) is 11.1 Å². The molecule has 1 fully saturated rings. The van der Waals surface area contributed by atoms with Gasteiger partial charge in [0.05, 0.1) is 4.91 Å². The van der Waals surface area contributed by atoms with Gasteiger partial charge in [-0.2, -0.15) is 0 Å². The Labute approximate surface area is 167 Å². The first-order valence-corrected chi connectivity index (χ1v) is 9.56. The number of rotatable bonds is 5. The molecule has 1 saturated heterocycles. The molecule has 0 radical (unpaired) electrons. The number of amides is 2. The van der Waals surface area contributed by atoms with Crippen LogP contribution in [0.5, 0.6) is 5.75 Å². The maximum atomic E-state index is 12.6. The molecule has 0 bridgehead atoms. The number of aromatic hydroxyl groups is 1. The summed E-state index contributed by atoms with van der Waals surface area (Å²) in [5, 5.41) is 12.1. The predicted octanol–water partition coefficient (Wildman–Crippen LogP) is 3.93. The summed E-state index contributed by atoms with van der Waals surface area (Å²) in [6.45, 7) is 2.21. The third kappa shape index (κ3) is 4.96. The van der Waals surface area contributed by atoms with Crippen LogP contribution in [0.3, 0.4) is 0 Å². The highest BCUT2D eigenvalue weighted by atomic mass is 32.2. The SMILES string of the molecule is Cc1ccc(/C=C2/SC(=S)N(CCC(=O)Nc3cccc(O)c3)C2=O)cc1. The highest BCUT2D eigenvalue weighted by Crippen LogP contribution is 2.32. The summed E-state index contributed by atoms with van der Waals surface area (Å²) in [4.78, 5) is 26.7. The number of aryl methyl sites for hydroxylation is 1. The molecular weight excluding hydrogens is 380 g/mol. The van der Waals surface area contributed by atoms with Crippen LogP contribution in [0.15, 0.2) is 53.4 Å². The van der Waals surface area contributed by atoms with Crippen molar-refractivity contribution in [3.05, 3.63) is 64.6 Å². The first-order chi connectivity index (χ1) is 12.9. The molecule has 0 aromatic heterocycles. The summed E-state index contributed by atoms with van der Waals surface area (Å²) in [6.07, 6.45) is 1.92. The van der Waals surface area contributed by atoms with Gasteiger partial charge in [0.1, 0.15) is 10.1 Å². The number of benzene rings is 2. The fraction of sp³-hybridized carbons (Fsp3) is 0.150. The highest BCUT2D eigenvalue weighted by molar-refractivity contribution is 8.26. The molecule has 7 heteroatoms. The van der Waals surface area contributed by atoms with Crippen molar-refractivity contribution in [3.8, 4) is 5.75 Å². The Kier molecular flexibility index (Phi) is 5.93. The van der Waals surface area contributed by atoms with Gasteiger partial charge in [0.25, 0.3) is 5.91 Å². The van der Waals surface area contributed by atoms with E-state index in [-0.39, 0.29) is 30.5 Å². The quantitative estimate of drug-likeness (QED) is 0.590. The largest absolute Gasteiger partial charge is 0.508 e. The van der Waals surface area contributed by atoms with Crippen molar-refractivity contribution < 1.29 is 14.7 Å². The van der Waals surface area contributed by atoms with Gasteiger partial charge in [0, 0.05) is 24.7 Å². The molecule has 1 aliphatic rings. The number of thioether (sulfide) groups is 1. The van der Waals surface area contributed by atoms with Gasteiger partial charge in [0.2, 0.25) is 5.91 Å². The zero-order valence-electron chi connectivity index (χ0n) is 14.6. The van der Waals surface area contributed by atoms with Crippen LogP contribution in [0.2, 0.25) is 0 Å². The Morgan fingerprint density at radius 1 is 1.26 bits per heavy atom. The van der Waals surface area contributed by atoms with Crippen LogP contribution < -0.4 is 5.32 Å². The standard InChI is InChI=1S/C20H18N2O3S2/c1-13-5-7-14(8-6-13)11-17-19(25)22(20(26)27-17)10-9-18(24)21-15-3-2-4-16(23)12-15/h2-8,11-12,23H,9-10H2,1H3,(H,21,24)/b17-11+. The molecule has 1 aliphatic heterocycles. The maximum Gasteiger partial charge on any atom is 0.266 e. The molecular formula is C20H18N2O3S2. The Morgan fingerprint density at radius 2 is 2.00 bits per heavy atom. The van der Waals surface area contributed by atoms with Gasteiger partial charge >= 0.3 is 0 Å². The van der Waals surface area contributed by atoms with Crippen molar-refractivity contribution in [3.63, 3.8) is 0 Å². The number of hydrogen-bond acceptors (Lipinski definition) is 5. The lowest BCUT2D eigenvalue weighted by molar-refractivity contribution is -0.122. The predicted molar refractivity (Wildman–Crippen MR) is 112 cm³/mol. The number of phenols is 1. The second-order valence-electron chi connectivity index (χ2n) is 6.09. The summed E-state index contributed by atoms with van der Waals surface area (Å²) in [5.74, 6) is -0.362. The Hall–Kier alpha value is -2.64. The molecule has 3 rings (SSSR count). The number of carbonyl (C=O) groups is 2. The van der Waals surface area contributed by atoms with E-state index >= 15 is 0 Å². The number of anilines is 1. The molecule has 0 unspecified atom stereocenters. The number of nitrogens with one attached hydrogen (secondary N) is 1. The molecule has 27 heavy (non-hydrogen) atoms. The molecule has 0 spiro atoms. The van der Waals surface area contributed by atoms with Gasteiger partial charge in [-0.3, -0.25) is 14.5 Å². The Balaban J connectivity index is 1.60. The third-order valence-electron chi connectivity index (χ3n) is 3.94. The van der Waals surface area contributed by atoms with E-state index < -0.39 is 0 Å². The van der Waals surface area contributed by atoms with E-state index in [0.29, 0.717) is 14.9 Å². The minimum absolute atomic E-state index is 0.0750. The van der Waals surface area contributed by atoms with Gasteiger partial charge in [-0.15, -0.1) is 0 Å². The Bertz CT molecular complexity index is 923. The van der Waals surface area contributed by atoms with Crippen LogP contribution in [0, 0.1) is 6.92 Å². The van der Waals surface area contributed by atoms with E-state index in [4.69, 9.17) is 12.2 Å². The maximum absolute atomic E-state index is 12.6. The molecule has 0 saturated carbocycles. The topological polar surface area (TPSA) is 69.6 Å². The normalized spacial score (nSPS) is 15.4. The second kappa shape index (κ2) is 8.37. The number of hydrogen-bond donors (Lipinski definition) is 2. The minimum Gasteiger partial charge on any atom is -0.508 e. The molecule has 1 heterocycles. The molecule has 0 atom stereocenters. The van der Waals surface area contributed by atoms with Crippen molar-refractivity contribution in [2.75, 3.05) is 11.9 Å². The first kappa shape index (κ1) is 19.1. The van der Waals surface area contributed by atoms with Crippen LogP contribution in [-0.2, 0) is 9.59 Å². The highest BCUT2D eigenvalue weighted by Gasteiger charge is 2.32. The second-order valence-corrected chi connectivity index (χ2v) is 7.77. The van der Waals surface area contributed by atoms with Crippen molar-refractivity contribution in [1.29, 1.82) is 0 Å². The van der Waals surface area contributed by atoms with Gasteiger partial charge in [-0.05, 0) is 30.7 Å². The van der Waals surface area contributed by atoms with Gasteiger partial charge in [-0.1, -0.05) is 59.9 Å². The average molecular weight is 399 g/mol. The lowest BCUT2D eigenvalue weighted by atomic mass is 10.1. The van der Waals surface area contributed by atoms with E-state index in [2.05, 4.69) is 5.32 Å². The number of phenolic OH excluding ortho intramolecular Hbond substituents is 1. The number of nitrogens with zero attached hydrogens (tertiary/aromatic N) is 1. The van der Waals surface area contributed by atoms with Crippen molar-refractivity contribution in [2.45, 2.75) is 13.3 Å². The molecule has 0 aliphatic carbocycles. The smallest absolute Gasteiger partial charge is 0.266 e. The van der Waals surface area contributed by atoms with E-state index in [9.17, 15) is 14.7 Å². The van der Waals surface area contributed by atoms with Crippen LogP contribution in [-0.4, -0.2) is 32.7 Å². The van der Waals surface area contributed by atoms with Crippen molar-refractivity contribution in [2.24, 2.45) is 0 Å². The monoisotopic (exact) mass is 398 g/mol. The van der Waals surface area contributed by atoms with Crippen LogP contribution in [0.1, 0.15) is 17.5 Å². The fourth-order valence-electron chi connectivity index (χ4n) is 2.53. The molecule has 2 aromatic rings. The summed E-state index contributed by atoms with van der Waals surface area (Å²) < 4.78 is 0.448. The summed E-state index contributed by atoms with van der Waals surface area (Å²) in [5.41, 5.74) is 2.59. The minimum atomic E-state index is -0.253. The number of thiocarbonyl (C=S) groups is 1. The first-order valence-electron chi connectivity index (χ1n) is 8.33.